The Labute approximate surface area is 100 Å². The first-order chi connectivity index (χ1) is 7.37. The second-order valence-electron chi connectivity index (χ2n) is 4.35. The number of halogens is 1. The van der Waals surface area contributed by atoms with Gasteiger partial charge in [-0.25, -0.2) is 9.79 Å². The molecule has 1 aliphatic heterocycles. The summed E-state index contributed by atoms with van der Waals surface area (Å²) in [4.78, 5) is 15.2. The van der Waals surface area contributed by atoms with Gasteiger partial charge in [0, 0.05) is 5.70 Å². The average molecular weight is 245 g/mol. The Balaban J connectivity index is 3.05. The van der Waals surface area contributed by atoms with E-state index in [-0.39, 0.29) is 10.7 Å². The maximum atomic E-state index is 11.1. The molecule has 0 saturated heterocycles. The van der Waals surface area contributed by atoms with Crippen LogP contribution >= 0.6 is 11.6 Å². The van der Waals surface area contributed by atoms with Gasteiger partial charge in [0.2, 0.25) is 0 Å². The van der Waals surface area contributed by atoms with Gasteiger partial charge >= 0.3 is 5.97 Å². The topological polar surface area (TPSA) is 61.7 Å². The maximum absolute atomic E-state index is 11.1. The van der Waals surface area contributed by atoms with Crippen molar-refractivity contribution in [2.75, 3.05) is 0 Å². The number of carboxylic acid groups (broad SMARTS) is 1. The van der Waals surface area contributed by atoms with Crippen LogP contribution in [0.1, 0.15) is 40.0 Å². The fourth-order valence-electron chi connectivity index (χ4n) is 1.64. The fourth-order valence-corrected chi connectivity index (χ4v) is 2.05. The predicted octanol–water partition coefficient (Wildman–Crippen LogP) is 2.49. The molecule has 0 atom stereocenters. The van der Waals surface area contributed by atoms with Crippen molar-refractivity contribution in [1.29, 1.82) is 0 Å². The van der Waals surface area contributed by atoms with Crippen molar-refractivity contribution in [2.45, 2.75) is 45.7 Å². The summed E-state index contributed by atoms with van der Waals surface area (Å²) < 4.78 is 0. The first-order valence-electron chi connectivity index (χ1n) is 5.37. The summed E-state index contributed by atoms with van der Waals surface area (Å²) in [7, 11) is 0. The van der Waals surface area contributed by atoms with Gasteiger partial charge in [0.25, 0.3) is 0 Å². The third-order valence-corrected chi connectivity index (χ3v) is 2.61. The first kappa shape index (κ1) is 13.0. The molecule has 0 aromatic rings. The van der Waals surface area contributed by atoms with Crippen molar-refractivity contribution in [3.63, 3.8) is 0 Å². The smallest absolute Gasteiger partial charge is 0.340 e. The van der Waals surface area contributed by atoms with Crippen molar-refractivity contribution in [3.05, 3.63) is 11.3 Å². The molecule has 0 spiro atoms. The molecule has 1 aliphatic rings. The zero-order valence-electron chi connectivity index (χ0n) is 9.80. The Morgan fingerprint density at radius 2 is 2.19 bits per heavy atom. The molecule has 2 N–H and O–H groups in total. The summed E-state index contributed by atoms with van der Waals surface area (Å²) in [6, 6.07) is 0. The number of hydrogen-bond donors (Lipinski definition) is 2. The molecular weight excluding hydrogens is 228 g/mol. The lowest BCUT2D eigenvalue weighted by molar-refractivity contribution is -0.132. The summed E-state index contributed by atoms with van der Waals surface area (Å²) in [6.07, 6.45) is 2.62. The molecule has 1 rings (SSSR count). The van der Waals surface area contributed by atoms with E-state index in [2.05, 4.69) is 17.2 Å². The fraction of sp³-hybridized carbons (Fsp3) is 0.636. The second kappa shape index (κ2) is 4.87. The van der Waals surface area contributed by atoms with Crippen LogP contribution in [-0.2, 0) is 4.79 Å². The highest BCUT2D eigenvalue weighted by Crippen LogP contribution is 2.24. The van der Waals surface area contributed by atoms with Crippen molar-refractivity contribution in [2.24, 2.45) is 4.99 Å². The number of unbranched alkanes of at least 4 members (excludes halogenated alkanes) is 1. The van der Waals surface area contributed by atoms with Gasteiger partial charge in [0.05, 0.1) is 0 Å². The van der Waals surface area contributed by atoms with Gasteiger partial charge in [-0.1, -0.05) is 24.9 Å². The highest BCUT2D eigenvalue weighted by Gasteiger charge is 2.30. The SMILES string of the molecule is CCCCC1=C(C(=O)O)C(Cl)=NC(C)(C)N1. The summed E-state index contributed by atoms with van der Waals surface area (Å²) in [5.74, 6) is -1.03. The number of rotatable bonds is 4. The third-order valence-electron chi connectivity index (χ3n) is 2.34. The molecule has 5 heteroatoms. The molecule has 0 bridgehead atoms. The molecule has 16 heavy (non-hydrogen) atoms. The van der Waals surface area contributed by atoms with E-state index in [0.717, 1.165) is 12.8 Å². The van der Waals surface area contributed by atoms with E-state index in [9.17, 15) is 4.79 Å². The molecule has 0 amide bonds. The molecule has 0 unspecified atom stereocenters. The van der Waals surface area contributed by atoms with Gasteiger partial charge in [-0.3, -0.25) is 0 Å². The highest BCUT2D eigenvalue weighted by atomic mass is 35.5. The van der Waals surface area contributed by atoms with E-state index < -0.39 is 11.6 Å². The Morgan fingerprint density at radius 1 is 1.56 bits per heavy atom. The van der Waals surface area contributed by atoms with Crippen LogP contribution in [-0.4, -0.2) is 21.9 Å². The summed E-state index contributed by atoms with van der Waals surface area (Å²) in [6.45, 7) is 5.78. The monoisotopic (exact) mass is 244 g/mol. The van der Waals surface area contributed by atoms with Gasteiger partial charge in [-0.15, -0.1) is 0 Å². The number of carbonyl (C=O) groups is 1. The maximum Gasteiger partial charge on any atom is 0.340 e. The van der Waals surface area contributed by atoms with Crippen LogP contribution in [0.5, 0.6) is 0 Å². The lowest BCUT2D eigenvalue weighted by atomic mass is 10.0. The number of aliphatic imine (C=N–C) groups is 1. The minimum atomic E-state index is -1.03. The van der Waals surface area contributed by atoms with Gasteiger partial charge in [0.15, 0.2) is 0 Å². The van der Waals surface area contributed by atoms with Gasteiger partial charge in [-0.2, -0.15) is 0 Å². The normalized spacial score (nSPS) is 19.1. The van der Waals surface area contributed by atoms with E-state index in [1.807, 2.05) is 13.8 Å². The van der Waals surface area contributed by atoms with Crippen LogP contribution in [0.25, 0.3) is 0 Å². The Hall–Kier alpha value is -1.03. The zero-order valence-corrected chi connectivity index (χ0v) is 10.6. The number of nitrogens with one attached hydrogen (secondary N) is 1. The minimum Gasteiger partial charge on any atom is -0.478 e. The van der Waals surface area contributed by atoms with E-state index in [1.165, 1.54) is 0 Å². The molecule has 0 aromatic heterocycles. The number of allylic oxidation sites excluding steroid dienone is 1. The van der Waals surface area contributed by atoms with Crippen molar-refractivity contribution in [3.8, 4) is 0 Å². The molecule has 0 radical (unpaired) electrons. The predicted molar refractivity (Wildman–Crippen MR) is 64.7 cm³/mol. The van der Waals surface area contributed by atoms with Crippen LogP contribution in [0.3, 0.4) is 0 Å². The van der Waals surface area contributed by atoms with Crippen molar-refractivity contribution < 1.29 is 9.90 Å². The lowest BCUT2D eigenvalue weighted by Gasteiger charge is -2.30. The van der Waals surface area contributed by atoms with Gasteiger partial charge in [0.1, 0.15) is 16.4 Å². The highest BCUT2D eigenvalue weighted by molar-refractivity contribution is 6.72. The third kappa shape index (κ3) is 2.98. The quantitative estimate of drug-likeness (QED) is 0.799. The van der Waals surface area contributed by atoms with E-state index in [0.29, 0.717) is 12.1 Å². The molecule has 1 heterocycles. The van der Waals surface area contributed by atoms with E-state index in [4.69, 9.17) is 16.7 Å². The van der Waals surface area contributed by atoms with Crippen molar-refractivity contribution >= 4 is 22.7 Å². The summed E-state index contributed by atoms with van der Waals surface area (Å²) in [5, 5.41) is 12.3. The average Bonchev–Trinajstić information content (AvgIpc) is 2.10. The first-order valence-corrected chi connectivity index (χ1v) is 5.75. The molecular formula is C11H17ClN2O2. The largest absolute Gasteiger partial charge is 0.478 e. The Morgan fingerprint density at radius 3 is 2.69 bits per heavy atom. The number of carboxylic acids is 1. The molecule has 0 aliphatic carbocycles. The standard InChI is InChI=1S/C11H17ClN2O2/c1-4-5-6-7-8(10(15)16)9(12)14-11(2,3)13-7/h13H,4-6H2,1-3H3,(H,15,16). The molecule has 0 saturated carbocycles. The Bertz CT molecular complexity index is 359. The van der Waals surface area contributed by atoms with Crippen molar-refractivity contribution in [1.82, 2.24) is 5.32 Å². The second-order valence-corrected chi connectivity index (χ2v) is 4.71. The zero-order chi connectivity index (χ0) is 12.3. The summed E-state index contributed by atoms with van der Waals surface area (Å²) >= 11 is 5.91. The Kier molecular flexibility index (Phi) is 3.97. The number of hydrogen-bond acceptors (Lipinski definition) is 3. The van der Waals surface area contributed by atoms with Crippen LogP contribution in [0.4, 0.5) is 0 Å². The minimum absolute atomic E-state index is 0.0855. The molecule has 4 nitrogen and oxygen atoms in total. The van der Waals surface area contributed by atoms with Crippen LogP contribution in [0, 0.1) is 0 Å². The van der Waals surface area contributed by atoms with E-state index >= 15 is 0 Å². The number of nitrogens with zero attached hydrogens (tertiary/aromatic N) is 1. The molecule has 0 aromatic carbocycles. The lowest BCUT2D eigenvalue weighted by Crippen LogP contribution is -2.42. The van der Waals surface area contributed by atoms with Gasteiger partial charge < -0.3 is 10.4 Å². The molecule has 90 valence electrons. The number of aliphatic carboxylic acids is 1. The molecule has 0 fully saturated rings. The van der Waals surface area contributed by atoms with E-state index in [1.54, 1.807) is 0 Å². The van der Waals surface area contributed by atoms with Gasteiger partial charge in [-0.05, 0) is 26.7 Å². The van der Waals surface area contributed by atoms with Crippen LogP contribution in [0.15, 0.2) is 16.3 Å². The van der Waals surface area contributed by atoms with Crippen LogP contribution < -0.4 is 5.32 Å². The van der Waals surface area contributed by atoms with Crippen LogP contribution in [0.2, 0.25) is 0 Å². The summed E-state index contributed by atoms with van der Waals surface area (Å²) in [5.41, 5.74) is 0.257.